The van der Waals surface area contributed by atoms with Crippen LogP contribution in [0, 0.1) is 13.8 Å². The summed E-state index contributed by atoms with van der Waals surface area (Å²) in [5.41, 5.74) is 0.768. The van der Waals surface area contributed by atoms with Crippen molar-refractivity contribution in [2.24, 2.45) is 0 Å². The molecule has 0 radical (unpaired) electrons. The second-order valence-corrected chi connectivity index (χ2v) is 6.54. The van der Waals surface area contributed by atoms with Gasteiger partial charge in [-0.15, -0.1) is 5.10 Å². The van der Waals surface area contributed by atoms with E-state index in [0.717, 1.165) is 5.56 Å². The van der Waals surface area contributed by atoms with Gasteiger partial charge in [0, 0.05) is 24.6 Å². The quantitative estimate of drug-likeness (QED) is 0.933. The van der Waals surface area contributed by atoms with Gasteiger partial charge in [-0.1, -0.05) is 5.21 Å². The highest BCUT2D eigenvalue weighted by Gasteiger charge is 2.42. The highest BCUT2D eigenvalue weighted by molar-refractivity contribution is 5.96. The van der Waals surface area contributed by atoms with Gasteiger partial charge in [-0.3, -0.25) is 4.79 Å². The van der Waals surface area contributed by atoms with Gasteiger partial charge in [0.2, 0.25) is 0 Å². The Morgan fingerprint density at radius 3 is 2.74 bits per heavy atom. The number of aromatic nitrogens is 3. The maximum absolute atomic E-state index is 12.7. The molecule has 1 saturated heterocycles. The van der Waals surface area contributed by atoms with Crippen molar-refractivity contribution < 1.29 is 14.3 Å². The Bertz CT molecular complexity index is 714. The van der Waals surface area contributed by atoms with E-state index < -0.39 is 5.60 Å². The first-order valence-electron chi connectivity index (χ1n) is 7.80. The smallest absolute Gasteiger partial charge is 0.257 e. The zero-order valence-corrected chi connectivity index (χ0v) is 13.9. The molecule has 0 saturated carbocycles. The maximum atomic E-state index is 12.7. The SMILES string of the molecule is Cc1coc(C)c1C(=O)N1CCC(O)(c2cn(C(C)C)nn2)C1. The van der Waals surface area contributed by atoms with Gasteiger partial charge in [-0.05, 0) is 27.7 Å². The molecule has 1 unspecified atom stereocenters. The maximum Gasteiger partial charge on any atom is 0.257 e. The molecule has 1 N–H and O–H groups in total. The predicted molar refractivity (Wildman–Crippen MR) is 83.0 cm³/mol. The first-order chi connectivity index (χ1) is 10.8. The average Bonchev–Trinajstić information content (AvgIpc) is 3.18. The van der Waals surface area contributed by atoms with Crippen molar-refractivity contribution >= 4 is 5.91 Å². The van der Waals surface area contributed by atoms with E-state index in [1.54, 1.807) is 29.0 Å². The van der Waals surface area contributed by atoms with Crippen LogP contribution in [0.3, 0.4) is 0 Å². The van der Waals surface area contributed by atoms with Gasteiger partial charge in [0.15, 0.2) is 0 Å². The summed E-state index contributed by atoms with van der Waals surface area (Å²) < 4.78 is 7.02. The predicted octanol–water partition coefficient (Wildman–Crippen LogP) is 1.80. The van der Waals surface area contributed by atoms with Crippen LogP contribution in [0.25, 0.3) is 0 Å². The molecule has 1 fully saturated rings. The molecule has 3 rings (SSSR count). The van der Waals surface area contributed by atoms with Crippen molar-refractivity contribution in [3.63, 3.8) is 0 Å². The van der Waals surface area contributed by atoms with Crippen LogP contribution < -0.4 is 0 Å². The lowest BCUT2D eigenvalue weighted by atomic mass is 10.00. The Morgan fingerprint density at radius 2 is 2.17 bits per heavy atom. The minimum atomic E-state index is -1.14. The number of hydrogen-bond donors (Lipinski definition) is 1. The third-order valence-corrected chi connectivity index (χ3v) is 4.42. The lowest BCUT2D eigenvalue weighted by Crippen LogP contribution is -2.35. The molecular weight excluding hydrogens is 296 g/mol. The van der Waals surface area contributed by atoms with E-state index in [0.29, 0.717) is 30.0 Å². The fourth-order valence-electron chi connectivity index (χ4n) is 2.97. The molecule has 2 aromatic rings. The number of carbonyl (C=O) groups excluding carboxylic acids is 1. The normalized spacial score (nSPS) is 21.4. The molecule has 7 nitrogen and oxygen atoms in total. The van der Waals surface area contributed by atoms with Crippen molar-refractivity contribution in [3.05, 3.63) is 35.0 Å². The van der Waals surface area contributed by atoms with Gasteiger partial charge in [0.1, 0.15) is 17.1 Å². The summed E-state index contributed by atoms with van der Waals surface area (Å²) in [6, 6.07) is 0.176. The largest absolute Gasteiger partial charge is 0.469 e. The summed E-state index contributed by atoms with van der Waals surface area (Å²) in [6.45, 7) is 8.31. The number of hydrogen-bond acceptors (Lipinski definition) is 5. The Hall–Kier alpha value is -2.15. The van der Waals surface area contributed by atoms with Gasteiger partial charge in [-0.25, -0.2) is 4.68 Å². The number of rotatable bonds is 3. The minimum Gasteiger partial charge on any atom is -0.469 e. The van der Waals surface area contributed by atoms with E-state index in [-0.39, 0.29) is 18.5 Å². The molecule has 0 bridgehead atoms. The third kappa shape index (κ3) is 2.65. The molecule has 1 amide bonds. The Labute approximate surface area is 134 Å². The van der Waals surface area contributed by atoms with Crippen LogP contribution in [0.1, 0.15) is 53.7 Å². The molecule has 1 aliphatic heterocycles. The van der Waals surface area contributed by atoms with E-state index in [2.05, 4.69) is 10.3 Å². The van der Waals surface area contributed by atoms with Gasteiger partial charge in [0.25, 0.3) is 5.91 Å². The summed E-state index contributed by atoms with van der Waals surface area (Å²) in [4.78, 5) is 14.3. The molecule has 7 heteroatoms. The van der Waals surface area contributed by atoms with Crippen molar-refractivity contribution in [1.29, 1.82) is 0 Å². The monoisotopic (exact) mass is 318 g/mol. The number of nitrogens with zero attached hydrogens (tertiary/aromatic N) is 4. The summed E-state index contributed by atoms with van der Waals surface area (Å²) >= 11 is 0. The van der Waals surface area contributed by atoms with Crippen molar-refractivity contribution in [2.75, 3.05) is 13.1 Å². The zero-order chi connectivity index (χ0) is 16.8. The fourth-order valence-corrected chi connectivity index (χ4v) is 2.97. The van der Waals surface area contributed by atoms with Gasteiger partial charge in [0.05, 0.1) is 24.6 Å². The first-order valence-corrected chi connectivity index (χ1v) is 7.80. The number of carbonyl (C=O) groups is 1. The molecule has 0 aliphatic carbocycles. The van der Waals surface area contributed by atoms with E-state index in [9.17, 15) is 9.90 Å². The number of aryl methyl sites for hydroxylation is 2. The third-order valence-electron chi connectivity index (χ3n) is 4.42. The number of amides is 1. The number of aliphatic hydroxyl groups is 1. The molecular formula is C16H22N4O3. The summed E-state index contributed by atoms with van der Waals surface area (Å²) in [5, 5.41) is 19.0. The lowest BCUT2D eigenvalue weighted by molar-refractivity contribution is 0.0381. The van der Waals surface area contributed by atoms with Crippen LogP contribution in [0.4, 0.5) is 0 Å². The molecule has 0 spiro atoms. The number of β-amino-alcohol motifs (C(OH)–C–C–N with tert-alkyl or cyclic N) is 1. The summed E-state index contributed by atoms with van der Waals surface area (Å²) in [5.74, 6) is 0.495. The number of furan rings is 1. The van der Waals surface area contributed by atoms with Crippen LogP contribution >= 0.6 is 0 Å². The molecule has 1 aliphatic rings. The molecule has 3 heterocycles. The van der Waals surface area contributed by atoms with E-state index in [1.807, 2.05) is 20.8 Å². The average molecular weight is 318 g/mol. The van der Waals surface area contributed by atoms with Gasteiger partial charge >= 0.3 is 0 Å². The number of likely N-dealkylation sites (tertiary alicyclic amines) is 1. The van der Waals surface area contributed by atoms with Crippen LogP contribution in [0.15, 0.2) is 16.9 Å². The second kappa shape index (κ2) is 5.49. The fraction of sp³-hybridized carbons (Fsp3) is 0.562. The summed E-state index contributed by atoms with van der Waals surface area (Å²) in [7, 11) is 0. The summed E-state index contributed by atoms with van der Waals surface area (Å²) in [6.07, 6.45) is 3.79. The lowest BCUT2D eigenvalue weighted by Gasteiger charge is -2.21. The van der Waals surface area contributed by atoms with Crippen molar-refractivity contribution in [2.45, 2.75) is 45.8 Å². The first kappa shape index (κ1) is 15.7. The molecule has 2 aromatic heterocycles. The minimum absolute atomic E-state index is 0.110. The van der Waals surface area contributed by atoms with Crippen LogP contribution in [-0.4, -0.2) is 44.0 Å². The molecule has 1 atom stereocenters. The van der Waals surface area contributed by atoms with Crippen LogP contribution in [0.2, 0.25) is 0 Å². The van der Waals surface area contributed by atoms with E-state index in [1.165, 1.54) is 0 Å². The van der Waals surface area contributed by atoms with Crippen molar-refractivity contribution in [3.8, 4) is 0 Å². The van der Waals surface area contributed by atoms with Crippen molar-refractivity contribution in [1.82, 2.24) is 19.9 Å². The second-order valence-electron chi connectivity index (χ2n) is 6.54. The standard InChI is InChI=1S/C16H22N4O3/c1-10(2)20-7-13(17-18-20)16(22)5-6-19(9-16)15(21)14-11(3)8-23-12(14)4/h7-8,10,22H,5-6,9H2,1-4H3. The van der Waals surface area contributed by atoms with Crippen LogP contribution in [-0.2, 0) is 5.60 Å². The zero-order valence-electron chi connectivity index (χ0n) is 13.9. The molecule has 23 heavy (non-hydrogen) atoms. The topological polar surface area (TPSA) is 84.4 Å². The van der Waals surface area contributed by atoms with Crippen LogP contribution in [0.5, 0.6) is 0 Å². The Balaban J connectivity index is 1.80. The van der Waals surface area contributed by atoms with Gasteiger partial charge in [-0.2, -0.15) is 0 Å². The van der Waals surface area contributed by atoms with E-state index >= 15 is 0 Å². The highest BCUT2D eigenvalue weighted by Crippen LogP contribution is 2.32. The van der Waals surface area contributed by atoms with E-state index in [4.69, 9.17) is 4.42 Å². The highest BCUT2D eigenvalue weighted by atomic mass is 16.3. The Kier molecular flexibility index (Phi) is 3.75. The molecule has 0 aromatic carbocycles. The van der Waals surface area contributed by atoms with Gasteiger partial charge < -0.3 is 14.4 Å². The Morgan fingerprint density at radius 1 is 1.43 bits per heavy atom. The molecule has 124 valence electrons.